The molecule has 1 aromatic heterocycles. The van der Waals surface area contributed by atoms with Gasteiger partial charge in [-0.3, -0.25) is 4.79 Å². The molecule has 136 valence electrons. The van der Waals surface area contributed by atoms with Crippen molar-refractivity contribution in [3.8, 4) is 11.4 Å². The number of methoxy groups -OCH3 is 1. The minimum absolute atomic E-state index is 0.108. The zero-order valence-corrected chi connectivity index (χ0v) is 14.1. The standard InChI is InChI=1S/C14H14F3N3O4S/c1-23-7-8-25(2,22)20-12(21)10-5-3-9(4-6-10)11-18-13(24-19-11)14(15,16)17/h3-6H,7-8H2,1-2H3. The first-order chi connectivity index (χ1) is 11.6. The van der Waals surface area contributed by atoms with Crippen LogP contribution in [0.1, 0.15) is 16.2 Å². The molecule has 1 aromatic carbocycles. The van der Waals surface area contributed by atoms with Gasteiger partial charge in [0.25, 0.3) is 5.91 Å². The number of carbonyl (C=O) groups is 1. The van der Waals surface area contributed by atoms with Gasteiger partial charge in [0.2, 0.25) is 5.82 Å². The number of halogens is 3. The summed E-state index contributed by atoms with van der Waals surface area (Å²) < 4.78 is 62.0. The number of aromatic nitrogens is 2. The molecule has 1 amide bonds. The van der Waals surface area contributed by atoms with E-state index < -0.39 is 27.7 Å². The van der Waals surface area contributed by atoms with Gasteiger partial charge in [-0.1, -0.05) is 17.3 Å². The Morgan fingerprint density at radius 2 is 1.96 bits per heavy atom. The van der Waals surface area contributed by atoms with E-state index in [1.54, 1.807) is 0 Å². The van der Waals surface area contributed by atoms with Gasteiger partial charge in [-0.25, -0.2) is 4.21 Å². The lowest BCUT2D eigenvalue weighted by Gasteiger charge is -2.03. The lowest BCUT2D eigenvalue weighted by molar-refractivity contribution is -0.159. The number of alkyl halides is 3. The van der Waals surface area contributed by atoms with Gasteiger partial charge in [0.1, 0.15) is 0 Å². The summed E-state index contributed by atoms with van der Waals surface area (Å²) in [5.41, 5.74) is 0.364. The van der Waals surface area contributed by atoms with Crippen molar-refractivity contribution in [3.63, 3.8) is 0 Å². The van der Waals surface area contributed by atoms with Crippen molar-refractivity contribution < 1.29 is 31.4 Å². The molecule has 11 heteroatoms. The third kappa shape index (κ3) is 5.10. The molecule has 0 aliphatic carbocycles. The van der Waals surface area contributed by atoms with Crippen molar-refractivity contribution in [2.24, 2.45) is 4.36 Å². The summed E-state index contributed by atoms with van der Waals surface area (Å²) in [6.07, 6.45) is -3.39. The summed E-state index contributed by atoms with van der Waals surface area (Å²) >= 11 is 0. The fraction of sp³-hybridized carbons (Fsp3) is 0.357. The molecular formula is C14H14F3N3O4S. The van der Waals surface area contributed by atoms with Crippen LogP contribution in [0.2, 0.25) is 0 Å². The molecule has 0 saturated carbocycles. The Morgan fingerprint density at radius 1 is 1.32 bits per heavy atom. The van der Waals surface area contributed by atoms with E-state index in [4.69, 9.17) is 4.74 Å². The number of hydrogen-bond donors (Lipinski definition) is 0. The van der Waals surface area contributed by atoms with E-state index in [0.29, 0.717) is 0 Å². The zero-order chi connectivity index (χ0) is 18.7. The smallest absolute Gasteiger partial charge is 0.384 e. The molecule has 1 atom stereocenters. The molecule has 0 bridgehead atoms. The van der Waals surface area contributed by atoms with Gasteiger partial charge in [-0.15, -0.1) is 0 Å². The number of ether oxygens (including phenoxy) is 1. The van der Waals surface area contributed by atoms with Gasteiger partial charge in [0.05, 0.1) is 22.1 Å². The number of nitrogens with zero attached hydrogens (tertiary/aromatic N) is 3. The van der Waals surface area contributed by atoms with Crippen molar-refractivity contribution in [1.29, 1.82) is 0 Å². The third-order valence-corrected chi connectivity index (χ3v) is 4.48. The minimum atomic E-state index is -4.73. The second-order valence-corrected chi connectivity index (χ2v) is 7.56. The fourth-order valence-electron chi connectivity index (χ4n) is 1.73. The summed E-state index contributed by atoms with van der Waals surface area (Å²) in [6, 6.07) is 5.36. The van der Waals surface area contributed by atoms with Gasteiger partial charge in [-0.05, 0) is 12.1 Å². The molecule has 25 heavy (non-hydrogen) atoms. The van der Waals surface area contributed by atoms with Crippen molar-refractivity contribution in [3.05, 3.63) is 35.7 Å². The largest absolute Gasteiger partial charge is 0.471 e. The molecule has 0 radical (unpaired) electrons. The molecule has 0 aliphatic heterocycles. The van der Waals surface area contributed by atoms with Crippen LogP contribution >= 0.6 is 0 Å². The van der Waals surface area contributed by atoms with E-state index in [0.717, 1.165) is 0 Å². The van der Waals surface area contributed by atoms with Crippen LogP contribution in [0.25, 0.3) is 11.4 Å². The predicted molar refractivity (Wildman–Crippen MR) is 82.3 cm³/mol. The van der Waals surface area contributed by atoms with Gasteiger partial charge < -0.3 is 9.26 Å². The van der Waals surface area contributed by atoms with E-state index in [1.165, 1.54) is 37.6 Å². The quantitative estimate of drug-likeness (QED) is 0.795. The van der Waals surface area contributed by atoms with Crippen molar-refractivity contribution in [2.75, 3.05) is 25.7 Å². The molecule has 0 spiro atoms. The van der Waals surface area contributed by atoms with Gasteiger partial charge >= 0.3 is 12.1 Å². The number of carbonyl (C=O) groups excluding carboxylic acids is 1. The molecule has 1 unspecified atom stereocenters. The van der Waals surface area contributed by atoms with Crippen LogP contribution < -0.4 is 0 Å². The lowest BCUT2D eigenvalue weighted by Crippen LogP contribution is -2.11. The summed E-state index contributed by atoms with van der Waals surface area (Å²) in [6.45, 7) is 0.199. The highest BCUT2D eigenvalue weighted by molar-refractivity contribution is 7.93. The summed E-state index contributed by atoms with van der Waals surface area (Å²) in [5.74, 6) is -2.31. The molecule has 2 rings (SSSR count). The minimum Gasteiger partial charge on any atom is -0.384 e. The van der Waals surface area contributed by atoms with E-state index in [2.05, 4.69) is 19.0 Å². The van der Waals surface area contributed by atoms with Crippen LogP contribution in [0.4, 0.5) is 13.2 Å². The van der Waals surface area contributed by atoms with E-state index in [1.807, 2.05) is 0 Å². The van der Waals surface area contributed by atoms with Crippen LogP contribution in [0.15, 0.2) is 33.2 Å². The van der Waals surface area contributed by atoms with E-state index in [-0.39, 0.29) is 29.3 Å². The molecule has 0 fully saturated rings. The topological polar surface area (TPSA) is 94.7 Å². The fourth-order valence-corrected chi connectivity index (χ4v) is 2.75. The monoisotopic (exact) mass is 377 g/mol. The Balaban J connectivity index is 2.20. The summed E-state index contributed by atoms with van der Waals surface area (Å²) in [7, 11) is -1.29. The normalized spacial score (nSPS) is 14.1. The second-order valence-electron chi connectivity index (χ2n) is 5.05. The second kappa shape index (κ2) is 7.31. The first kappa shape index (κ1) is 19.1. The van der Waals surface area contributed by atoms with Crippen LogP contribution in [0, 0.1) is 0 Å². The maximum atomic E-state index is 12.4. The van der Waals surface area contributed by atoms with Gasteiger partial charge in [0.15, 0.2) is 0 Å². The van der Waals surface area contributed by atoms with Gasteiger partial charge in [-0.2, -0.15) is 22.5 Å². The molecule has 7 nitrogen and oxygen atoms in total. The van der Waals surface area contributed by atoms with Gasteiger partial charge in [0, 0.05) is 24.5 Å². The van der Waals surface area contributed by atoms with E-state index >= 15 is 0 Å². The molecule has 0 saturated heterocycles. The Bertz CT molecular complexity index is 868. The number of rotatable bonds is 5. The first-order valence-corrected chi connectivity index (χ1v) is 8.96. The number of amides is 1. The Morgan fingerprint density at radius 3 is 2.48 bits per heavy atom. The average molecular weight is 377 g/mol. The maximum Gasteiger partial charge on any atom is 0.471 e. The number of benzene rings is 1. The van der Waals surface area contributed by atoms with E-state index in [9.17, 15) is 22.2 Å². The SMILES string of the molecule is COCCS(C)(=O)=NC(=O)c1ccc(-c2noc(C(F)(F)F)n2)cc1. The Hall–Kier alpha value is -2.27. The highest BCUT2D eigenvalue weighted by Crippen LogP contribution is 2.29. The molecule has 1 heterocycles. The molecule has 0 aliphatic rings. The predicted octanol–water partition coefficient (Wildman–Crippen LogP) is 2.64. The highest BCUT2D eigenvalue weighted by atomic mass is 32.2. The van der Waals surface area contributed by atoms with Crippen LogP contribution in [0.5, 0.6) is 0 Å². The molecule has 2 aromatic rings. The average Bonchev–Trinajstić information content (AvgIpc) is 3.03. The third-order valence-electron chi connectivity index (χ3n) is 3.00. The van der Waals surface area contributed by atoms with Crippen molar-refractivity contribution >= 4 is 15.6 Å². The molecular weight excluding hydrogens is 363 g/mol. The van der Waals surface area contributed by atoms with Crippen LogP contribution in [-0.4, -0.2) is 46.0 Å². The van der Waals surface area contributed by atoms with Crippen molar-refractivity contribution in [2.45, 2.75) is 6.18 Å². The highest BCUT2D eigenvalue weighted by Gasteiger charge is 2.38. The zero-order valence-electron chi connectivity index (χ0n) is 13.2. The maximum absolute atomic E-state index is 12.4. The van der Waals surface area contributed by atoms with Crippen molar-refractivity contribution in [1.82, 2.24) is 10.1 Å². The first-order valence-electron chi connectivity index (χ1n) is 6.87. The molecule has 0 N–H and O–H groups in total. The summed E-state index contributed by atoms with van der Waals surface area (Å²) in [5, 5.41) is 3.25. The Labute approximate surface area is 141 Å². The van der Waals surface area contributed by atoms with Crippen LogP contribution in [-0.2, 0) is 20.6 Å². The van der Waals surface area contributed by atoms with Crippen LogP contribution in [0.3, 0.4) is 0 Å². The number of hydrogen-bond acceptors (Lipinski definition) is 6. The summed E-state index contributed by atoms with van der Waals surface area (Å²) in [4.78, 5) is 15.3. The lowest BCUT2D eigenvalue weighted by atomic mass is 10.1. The Kier molecular flexibility index (Phi) is 5.58.